The molecule has 1 saturated carbocycles. The Labute approximate surface area is 103 Å². The van der Waals surface area contributed by atoms with Crippen molar-refractivity contribution in [3.8, 4) is 0 Å². The third-order valence-electron chi connectivity index (χ3n) is 3.67. The fourth-order valence-corrected chi connectivity index (χ4v) is 2.83. The first-order valence-corrected chi connectivity index (χ1v) is 6.43. The molecule has 17 heavy (non-hydrogen) atoms. The number of ether oxygens (including phenoxy) is 2. The molecule has 0 spiro atoms. The smallest absolute Gasteiger partial charge is 0.309 e. The minimum absolute atomic E-state index is 0.00734. The Hall–Kier alpha value is -0.610. The molecule has 0 aromatic rings. The minimum Gasteiger partial charge on any atom is -0.460 e. The van der Waals surface area contributed by atoms with Gasteiger partial charge in [-0.3, -0.25) is 4.79 Å². The van der Waals surface area contributed by atoms with Crippen molar-refractivity contribution >= 4 is 5.97 Å². The van der Waals surface area contributed by atoms with Gasteiger partial charge in [0, 0.05) is 6.04 Å². The predicted octanol–water partition coefficient (Wildman–Crippen LogP) is 1.33. The largest absolute Gasteiger partial charge is 0.460 e. The quantitative estimate of drug-likeness (QED) is 0.703. The van der Waals surface area contributed by atoms with E-state index in [9.17, 15) is 4.79 Å². The highest BCUT2D eigenvalue weighted by atomic mass is 16.6. The molecule has 1 heterocycles. The van der Waals surface area contributed by atoms with Crippen molar-refractivity contribution < 1.29 is 14.3 Å². The van der Waals surface area contributed by atoms with E-state index in [0.29, 0.717) is 25.0 Å². The summed E-state index contributed by atoms with van der Waals surface area (Å²) in [6.45, 7) is 7.10. The van der Waals surface area contributed by atoms with Gasteiger partial charge in [-0.1, -0.05) is 0 Å². The van der Waals surface area contributed by atoms with Gasteiger partial charge in [-0.25, -0.2) is 0 Å². The van der Waals surface area contributed by atoms with Gasteiger partial charge in [-0.2, -0.15) is 0 Å². The van der Waals surface area contributed by atoms with Gasteiger partial charge in [-0.05, 0) is 45.4 Å². The molecule has 1 aliphatic heterocycles. The molecule has 2 aliphatic rings. The van der Waals surface area contributed by atoms with Gasteiger partial charge >= 0.3 is 5.97 Å². The number of hydrogen-bond acceptors (Lipinski definition) is 4. The molecule has 0 amide bonds. The van der Waals surface area contributed by atoms with Crippen LogP contribution in [0.15, 0.2) is 0 Å². The van der Waals surface area contributed by atoms with E-state index >= 15 is 0 Å². The van der Waals surface area contributed by atoms with E-state index < -0.39 is 5.60 Å². The van der Waals surface area contributed by atoms with Crippen molar-refractivity contribution in [2.24, 2.45) is 23.5 Å². The van der Waals surface area contributed by atoms with Crippen LogP contribution in [0.5, 0.6) is 0 Å². The van der Waals surface area contributed by atoms with Gasteiger partial charge in [0.15, 0.2) is 0 Å². The maximum atomic E-state index is 12.0. The van der Waals surface area contributed by atoms with Crippen LogP contribution in [0.3, 0.4) is 0 Å². The highest BCUT2D eigenvalue weighted by Crippen LogP contribution is 2.37. The van der Waals surface area contributed by atoms with Gasteiger partial charge in [-0.15, -0.1) is 0 Å². The van der Waals surface area contributed by atoms with Crippen LogP contribution in [0.25, 0.3) is 0 Å². The molecule has 98 valence electrons. The van der Waals surface area contributed by atoms with E-state index in [-0.39, 0.29) is 17.9 Å². The Morgan fingerprint density at radius 2 is 1.76 bits per heavy atom. The lowest BCUT2D eigenvalue weighted by molar-refractivity contribution is -0.165. The number of carbonyl (C=O) groups is 1. The minimum atomic E-state index is -0.401. The maximum absolute atomic E-state index is 12.0. The number of rotatable bonds is 1. The molecule has 2 bridgehead atoms. The second-order valence-electron chi connectivity index (χ2n) is 6.34. The summed E-state index contributed by atoms with van der Waals surface area (Å²) in [4.78, 5) is 12.0. The van der Waals surface area contributed by atoms with Gasteiger partial charge < -0.3 is 15.2 Å². The first-order chi connectivity index (χ1) is 7.87. The summed E-state index contributed by atoms with van der Waals surface area (Å²) in [5.74, 6) is 0.578. The van der Waals surface area contributed by atoms with Crippen LogP contribution in [-0.2, 0) is 14.3 Å². The topological polar surface area (TPSA) is 61.5 Å². The lowest BCUT2D eigenvalue weighted by Crippen LogP contribution is -2.52. The summed E-state index contributed by atoms with van der Waals surface area (Å²) >= 11 is 0. The summed E-state index contributed by atoms with van der Waals surface area (Å²) in [6, 6.07) is 0.197. The van der Waals surface area contributed by atoms with Crippen LogP contribution in [0.1, 0.15) is 33.6 Å². The third kappa shape index (κ3) is 2.99. The summed E-state index contributed by atoms with van der Waals surface area (Å²) < 4.78 is 11.0. The van der Waals surface area contributed by atoms with Crippen molar-refractivity contribution in [3.05, 3.63) is 0 Å². The highest BCUT2D eigenvalue weighted by molar-refractivity contribution is 5.73. The van der Waals surface area contributed by atoms with Crippen LogP contribution in [0, 0.1) is 17.8 Å². The zero-order chi connectivity index (χ0) is 12.6. The van der Waals surface area contributed by atoms with Gasteiger partial charge in [0.25, 0.3) is 0 Å². The monoisotopic (exact) mass is 241 g/mol. The fraction of sp³-hybridized carbons (Fsp3) is 0.923. The Balaban J connectivity index is 1.97. The van der Waals surface area contributed by atoms with E-state index in [4.69, 9.17) is 15.2 Å². The van der Waals surface area contributed by atoms with Crippen LogP contribution < -0.4 is 5.73 Å². The molecule has 2 N–H and O–H groups in total. The number of nitrogens with two attached hydrogens (primary N) is 1. The summed E-state index contributed by atoms with van der Waals surface area (Å²) in [5, 5.41) is 0. The van der Waals surface area contributed by atoms with E-state index in [1.54, 1.807) is 0 Å². The Morgan fingerprint density at radius 3 is 2.24 bits per heavy atom. The molecule has 0 aromatic heterocycles. The van der Waals surface area contributed by atoms with Crippen molar-refractivity contribution in [1.82, 2.24) is 0 Å². The van der Waals surface area contributed by atoms with Crippen molar-refractivity contribution in [2.45, 2.75) is 45.3 Å². The molecule has 2 fully saturated rings. The first-order valence-electron chi connectivity index (χ1n) is 6.43. The van der Waals surface area contributed by atoms with Gasteiger partial charge in [0.2, 0.25) is 0 Å². The van der Waals surface area contributed by atoms with Crippen LogP contribution in [0.2, 0.25) is 0 Å². The highest BCUT2D eigenvalue weighted by Gasteiger charge is 2.42. The van der Waals surface area contributed by atoms with Crippen molar-refractivity contribution in [2.75, 3.05) is 13.2 Å². The van der Waals surface area contributed by atoms with E-state index in [1.807, 2.05) is 20.8 Å². The Bertz CT molecular complexity index is 284. The van der Waals surface area contributed by atoms with E-state index in [0.717, 1.165) is 12.8 Å². The number of hydrogen-bond donors (Lipinski definition) is 1. The van der Waals surface area contributed by atoms with Crippen LogP contribution in [0.4, 0.5) is 0 Å². The van der Waals surface area contributed by atoms with Crippen molar-refractivity contribution in [1.29, 1.82) is 0 Å². The van der Waals surface area contributed by atoms with Crippen LogP contribution >= 0.6 is 0 Å². The summed E-state index contributed by atoms with van der Waals surface area (Å²) in [6.07, 6.45) is 1.62. The lowest BCUT2D eigenvalue weighted by Gasteiger charge is -2.43. The number of carbonyl (C=O) groups excluding carboxylic acids is 1. The standard InChI is InChI=1S/C13H23NO3/c1-13(2,3)17-12(15)8-4-9-6-16-7-10(5-8)11(9)14/h8-11H,4-7,14H2,1-3H3. The molecular formula is C13H23NO3. The Morgan fingerprint density at radius 1 is 1.24 bits per heavy atom. The predicted molar refractivity (Wildman–Crippen MR) is 64.3 cm³/mol. The second kappa shape index (κ2) is 4.58. The SMILES string of the molecule is CC(C)(C)OC(=O)C1CC2COCC(C1)C2N. The molecule has 0 aromatic carbocycles. The van der Waals surface area contributed by atoms with Crippen molar-refractivity contribution in [3.63, 3.8) is 0 Å². The third-order valence-corrected chi connectivity index (χ3v) is 3.67. The molecule has 2 atom stereocenters. The molecule has 1 saturated heterocycles. The zero-order valence-electron chi connectivity index (χ0n) is 10.9. The molecule has 2 rings (SSSR count). The normalized spacial score (nSPS) is 37.6. The maximum Gasteiger partial charge on any atom is 0.309 e. The molecular weight excluding hydrogens is 218 g/mol. The van der Waals surface area contributed by atoms with Gasteiger partial charge in [0.05, 0.1) is 19.1 Å². The molecule has 4 heteroatoms. The summed E-state index contributed by atoms with van der Waals surface area (Å²) in [5.41, 5.74) is 5.74. The molecule has 4 nitrogen and oxygen atoms in total. The Kier molecular flexibility index (Phi) is 3.46. The number of esters is 1. The molecule has 2 unspecified atom stereocenters. The van der Waals surface area contributed by atoms with E-state index in [2.05, 4.69) is 0 Å². The lowest BCUT2D eigenvalue weighted by atomic mass is 9.71. The first kappa shape index (κ1) is 12.8. The van der Waals surface area contributed by atoms with E-state index in [1.165, 1.54) is 0 Å². The zero-order valence-corrected chi connectivity index (χ0v) is 10.9. The molecule has 0 radical (unpaired) electrons. The number of fused-ring (bicyclic) bond motifs is 2. The fourth-order valence-electron chi connectivity index (χ4n) is 2.83. The van der Waals surface area contributed by atoms with Crippen LogP contribution in [-0.4, -0.2) is 30.8 Å². The average Bonchev–Trinajstić information content (AvgIpc) is 2.13. The average molecular weight is 241 g/mol. The summed E-state index contributed by atoms with van der Waals surface area (Å²) in [7, 11) is 0. The van der Waals surface area contributed by atoms with Gasteiger partial charge in [0.1, 0.15) is 5.60 Å². The molecule has 1 aliphatic carbocycles. The second-order valence-corrected chi connectivity index (χ2v) is 6.34.